The molecule has 1 amide bonds. The Kier molecular flexibility index (Phi) is 4.45. The van der Waals surface area contributed by atoms with Gasteiger partial charge in [0.15, 0.2) is 5.13 Å². The minimum atomic E-state index is -0.296. The van der Waals surface area contributed by atoms with Crippen molar-refractivity contribution in [1.82, 2.24) is 9.88 Å². The summed E-state index contributed by atoms with van der Waals surface area (Å²) in [5, 5.41) is 3.47. The second kappa shape index (κ2) is 6.49. The van der Waals surface area contributed by atoms with Gasteiger partial charge in [0.2, 0.25) is 5.91 Å². The fourth-order valence-corrected chi connectivity index (χ4v) is 3.59. The van der Waals surface area contributed by atoms with Gasteiger partial charge in [-0.25, -0.2) is 4.98 Å². The number of benzene rings is 1. The van der Waals surface area contributed by atoms with Crippen LogP contribution in [0.5, 0.6) is 0 Å². The molecular formula is C15H18FN3OS. The molecule has 4 nitrogen and oxygen atoms in total. The van der Waals surface area contributed by atoms with Crippen molar-refractivity contribution in [2.24, 2.45) is 5.92 Å². The number of aromatic nitrogens is 1. The fraction of sp³-hybridized carbons (Fsp3) is 0.467. The van der Waals surface area contributed by atoms with Crippen LogP contribution in [0.1, 0.15) is 12.8 Å². The highest BCUT2D eigenvalue weighted by Gasteiger charge is 2.21. The number of piperidine rings is 1. The lowest BCUT2D eigenvalue weighted by Gasteiger charge is -2.30. The van der Waals surface area contributed by atoms with Crippen LogP contribution in [-0.2, 0) is 4.79 Å². The Balaban J connectivity index is 1.58. The number of thiazole rings is 1. The Labute approximate surface area is 127 Å². The molecule has 3 rings (SSSR count). The molecule has 6 heteroatoms. The molecule has 21 heavy (non-hydrogen) atoms. The van der Waals surface area contributed by atoms with E-state index in [1.165, 1.54) is 11.3 Å². The largest absolute Gasteiger partial charge is 0.301 e. The van der Waals surface area contributed by atoms with Crippen molar-refractivity contribution in [3.63, 3.8) is 0 Å². The highest BCUT2D eigenvalue weighted by molar-refractivity contribution is 7.22. The van der Waals surface area contributed by atoms with Crippen molar-refractivity contribution in [1.29, 1.82) is 0 Å². The van der Waals surface area contributed by atoms with Crippen LogP contribution in [0.3, 0.4) is 0 Å². The Morgan fingerprint density at radius 3 is 3.14 bits per heavy atom. The third-order valence-corrected chi connectivity index (χ3v) is 4.68. The number of nitrogens with zero attached hydrogens (tertiary/aromatic N) is 2. The molecule has 1 aromatic carbocycles. The van der Waals surface area contributed by atoms with Crippen LogP contribution in [0, 0.1) is 5.92 Å². The lowest BCUT2D eigenvalue weighted by atomic mass is 10.00. The number of para-hydroxylation sites is 1. The van der Waals surface area contributed by atoms with Crippen molar-refractivity contribution in [3.05, 3.63) is 24.3 Å². The molecule has 1 aromatic heterocycles. The summed E-state index contributed by atoms with van der Waals surface area (Å²) >= 11 is 1.47. The zero-order chi connectivity index (χ0) is 14.7. The smallest absolute Gasteiger partial charge is 0.240 e. The van der Waals surface area contributed by atoms with Crippen molar-refractivity contribution >= 4 is 32.6 Å². The zero-order valence-corrected chi connectivity index (χ0v) is 12.5. The first-order valence-corrected chi connectivity index (χ1v) is 8.00. The van der Waals surface area contributed by atoms with E-state index in [4.69, 9.17) is 0 Å². The van der Waals surface area contributed by atoms with Crippen LogP contribution in [0.25, 0.3) is 10.2 Å². The Morgan fingerprint density at radius 2 is 2.33 bits per heavy atom. The van der Waals surface area contributed by atoms with Gasteiger partial charge in [-0.2, -0.15) is 0 Å². The molecule has 2 heterocycles. The van der Waals surface area contributed by atoms with E-state index < -0.39 is 0 Å². The second-order valence-corrected chi connectivity index (χ2v) is 6.46. The number of fused-ring (bicyclic) bond motifs is 1. The molecule has 0 bridgehead atoms. The van der Waals surface area contributed by atoms with Crippen LogP contribution < -0.4 is 5.32 Å². The highest BCUT2D eigenvalue weighted by atomic mass is 32.1. The van der Waals surface area contributed by atoms with Gasteiger partial charge in [0.05, 0.1) is 23.4 Å². The zero-order valence-electron chi connectivity index (χ0n) is 11.7. The Morgan fingerprint density at radius 1 is 1.48 bits per heavy atom. The van der Waals surface area contributed by atoms with E-state index in [2.05, 4.69) is 10.3 Å². The summed E-state index contributed by atoms with van der Waals surface area (Å²) in [6, 6.07) is 7.80. The molecule has 0 saturated carbocycles. The summed E-state index contributed by atoms with van der Waals surface area (Å²) in [5.74, 6) is 0.00238. The van der Waals surface area contributed by atoms with E-state index in [0.29, 0.717) is 18.2 Å². The number of halogens is 1. The number of hydrogen-bond donors (Lipinski definition) is 1. The van der Waals surface area contributed by atoms with Gasteiger partial charge in [-0.05, 0) is 31.5 Å². The quantitative estimate of drug-likeness (QED) is 0.944. The van der Waals surface area contributed by atoms with Crippen LogP contribution in [0.2, 0.25) is 0 Å². The normalized spacial score (nSPS) is 19.8. The predicted molar refractivity (Wildman–Crippen MR) is 83.4 cm³/mol. The van der Waals surface area contributed by atoms with E-state index in [-0.39, 0.29) is 18.5 Å². The molecule has 0 radical (unpaired) electrons. The predicted octanol–water partition coefficient (Wildman–Crippen LogP) is 2.92. The molecule has 2 aromatic rings. The van der Waals surface area contributed by atoms with Crippen LogP contribution >= 0.6 is 11.3 Å². The monoisotopic (exact) mass is 307 g/mol. The van der Waals surface area contributed by atoms with E-state index in [1.807, 2.05) is 29.2 Å². The van der Waals surface area contributed by atoms with Crippen molar-refractivity contribution in [3.8, 4) is 0 Å². The Bertz CT molecular complexity index is 597. The number of carbonyl (C=O) groups excluding carboxylic acids is 1. The number of hydrogen-bond acceptors (Lipinski definition) is 4. The molecule has 1 aliphatic heterocycles. The first-order chi connectivity index (χ1) is 10.2. The van der Waals surface area contributed by atoms with E-state index in [0.717, 1.165) is 29.6 Å². The summed E-state index contributed by atoms with van der Waals surface area (Å²) in [6.45, 7) is 1.55. The number of alkyl halides is 1. The highest BCUT2D eigenvalue weighted by Crippen LogP contribution is 2.25. The maximum Gasteiger partial charge on any atom is 0.240 e. The average molecular weight is 307 g/mol. The summed E-state index contributed by atoms with van der Waals surface area (Å²) in [7, 11) is 0. The molecule has 1 aliphatic rings. The lowest BCUT2D eigenvalue weighted by molar-refractivity contribution is -0.117. The fourth-order valence-electron chi connectivity index (χ4n) is 2.71. The number of nitrogens with one attached hydrogen (secondary N) is 1. The van der Waals surface area contributed by atoms with E-state index in [1.54, 1.807) is 0 Å². The molecular weight excluding hydrogens is 289 g/mol. The molecule has 1 N–H and O–H groups in total. The maximum absolute atomic E-state index is 12.7. The van der Waals surface area contributed by atoms with Gasteiger partial charge in [-0.15, -0.1) is 0 Å². The van der Waals surface area contributed by atoms with E-state index >= 15 is 0 Å². The molecule has 1 fully saturated rings. The first kappa shape index (κ1) is 14.4. The maximum atomic E-state index is 12.7. The van der Waals surface area contributed by atoms with Gasteiger partial charge in [0.25, 0.3) is 0 Å². The molecule has 0 aliphatic carbocycles. The van der Waals surface area contributed by atoms with Crippen LogP contribution in [0.15, 0.2) is 24.3 Å². The number of amides is 1. The number of rotatable bonds is 4. The van der Waals surface area contributed by atoms with Gasteiger partial charge in [-0.3, -0.25) is 14.1 Å². The van der Waals surface area contributed by atoms with Gasteiger partial charge in [-0.1, -0.05) is 23.5 Å². The van der Waals surface area contributed by atoms with Crippen molar-refractivity contribution < 1.29 is 9.18 Å². The minimum absolute atomic E-state index is 0.0754. The Hall–Kier alpha value is -1.53. The third kappa shape index (κ3) is 3.57. The lowest BCUT2D eigenvalue weighted by Crippen LogP contribution is -2.41. The van der Waals surface area contributed by atoms with Crippen molar-refractivity contribution in [2.45, 2.75) is 12.8 Å². The molecule has 0 spiro atoms. The molecule has 1 atom stereocenters. The van der Waals surface area contributed by atoms with Crippen LogP contribution in [-0.4, -0.2) is 42.1 Å². The standard InChI is InChI=1S/C15H18FN3OS/c16-8-11-4-3-7-19(9-11)10-14(20)18-15-17-12-5-1-2-6-13(12)21-15/h1-2,5-6,11H,3-4,7-10H2,(H,17,18,20). The van der Waals surface area contributed by atoms with Crippen LogP contribution in [0.4, 0.5) is 9.52 Å². The van der Waals surface area contributed by atoms with Gasteiger partial charge in [0.1, 0.15) is 0 Å². The van der Waals surface area contributed by atoms with Gasteiger partial charge >= 0.3 is 0 Å². The molecule has 112 valence electrons. The summed E-state index contributed by atoms with van der Waals surface area (Å²) in [4.78, 5) is 18.5. The number of anilines is 1. The summed E-state index contributed by atoms with van der Waals surface area (Å²) in [5.41, 5.74) is 0.897. The van der Waals surface area contributed by atoms with Gasteiger partial charge < -0.3 is 5.32 Å². The first-order valence-electron chi connectivity index (χ1n) is 7.18. The number of carbonyl (C=O) groups is 1. The van der Waals surface area contributed by atoms with Crippen molar-refractivity contribution in [2.75, 3.05) is 31.6 Å². The van der Waals surface area contributed by atoms with Gasteiger partial charge in [0, 0.05) is 12.5 Å². The SMILES string of the molecule is O=C(CN1CCCC(CF)C1)Nc1nc2ccccc2s1. The minimum Gasteiger partial charge on any atom is -0.301 e. The molecule has 1 unspecified atom stereocenters. The van der Waals surface area contributed by atoms with E-state index in [9.17, 15) is 9.18 Å². The molecule has 1 saturated heterocycles. The summed E-state index contributed by atoms with van der Waals surface area (Å²) in [6.07, 6.45) is 1.88. The second-order valence-electron chi connectivity index (χ2n) is 5.43. The summed E-state index contributed by atoms with van der Waals surface area (Å²) < 4.78 is 13.8. The topological polar surface area (TPSA) is 45.2 Å². The third-order valence-electron chi connectivity index (χ3n) is 3.73. The average Bonchev–Trinajstić information content (AvgIpc) is 2.89. The number of likely N-dealkylation sites (tertiary alicyclic amines) is 1.